The molecule has 1 aromatic rings. The zero-order valence-electron chi connectivity index (χ0n) is 9.05. The van der Waals surface area contributed by atoms with Crippen molar-refractivity contribution in [2.75, 3.05) is 18.0 Å². The maximum Gasteiger partial charge on any atom is 0.151 e. The zero-order chi connectivity index (χ0) is 11.3. The van der Waals surface area contributed by atoms with Gasteiger partial charge in [0, 0.05) is 25.2 Å². The third-order valence-corrected chi connectivity index (χ3v) is 2.65. The second-order valence-electron chi connectivity index (χ2n) is 3.42. The molecule has 0 aliphatic carbocycles. The molecule has 0 fully saturated rings. The second-order valence-corrected chi connectivity index (χ2v) is 3.90. The summed E-state index contributed by atoms with van der Waals surface area (Å²) in [5.41, 5.74) is 5.59. The summed E-state index contributed by atoms with van der Waals surface area (Å²) in [7, 11) is 0. The van der Waals surface area contributed by atoms with E-state index in [1.165, 1.54) is 0 Å². The molecular formula is C10H16N4S. The summed E-state index contributed by atoms with van der Waals surface area (Å²) in [6.45, 7) is 5.73. The Morgan fingerprint density at radius 1 is 1.67 bits per heavy atom. The van der Waals surface area contributed by atoms with Gasteiger partial charge in [-0.15, -0.1) is 5.10 Å². The van der Waals surface area contributed by atoms with Crippen molar-refractivity contribution in [2.24, 2.45) is 11.7 Å². The highest BCUT2D eigenvalue weighted by Gasteiger charge is 2.12. The number of aromatic nitrogens is 2. The molecule has 0 aromatic carbocycles. The summed E-state index contributed by atoms with van der Waals surface area (Å²) in [5, 5.41) is 7.90. The van der Waals surface area contributed by atoms with Crippen molar-refractivity contribution < 1.29 is 0 Å². The van der Waals surface area contributed by atoms with Gasteiger partial charge >= 0.3 is 0 Å². The molecule has 1 unspecified atom stereocenters. The summed E-state index contributed by atoms with van der Waals surface area (Å²) in [6.07, 6.45) is 1.66. The third kappa shape index (κ3) is 3.43. The highest BCUT2D eigenvalue weighted by atomic mass is 32.1. The summed E-state index contributed by atoms with van der Waals surface area (Å²) >= 11 is 4.95. The lowest BCUT2D eigenvalue weighted by atomic mass is 10.1. The van der Waals surface area contributed by atoms with Crippen LogP contribution in [0.2, 0.25) is 0 Å². The molecule has 0 bridgehead atoms. The Hall–Kier alpha value is -1.23. The number of anilines is 1. The quantitative estimate of drug-likeness (QED) is 0.762. The first-order valence-electron chi connectivity index (χ1n) is 4.97. The van der Waals surface area contributed by atoms with Gasteiger partial charge in [-0.1, -0.05) is 19.1 Å². The zero-order valence-corrected chi connectivity index (χ0v) is 9.87. The van der Waals surface area contributed by atoms with Crippen LogP contribution in [0.5, 0.6) is 0 Å². The third-order valence-electron chi connectivity index (χ3n) is 2.24. The fourth-order valence-corrected chi connectivity index (χ4v) is 1.34. The van der Waals surface area contributed by atoms with Crippen LogP contribution in [-0.4, -0.2) is 28.3 Å². The Labute approximate surface area is 95.5 Å². The molecule has 82 valence electrons. The van der Waals surface area contributed by atoms with Crippen molar-refractivity contribution in [3.05, 3.63) is 18.3 Å². The number of hydrogen-bond donors (Lipinski definition) is 1. The van der Waals surface area contributed by atoms with E-state index in [1.54, 1.807) is 6.20 Å². The smallest absolute Gasteiger partial charge is 0.151 e. The molecule has 5 heteroatoms. The molecule has 1 rings (SSSR count). The van der Waals surface area contributed by atoms with Gasteiger partial charge in [0.05, 0.1) is 4.99 Å². The molecule has 0 radical (unpaired) electrons. The van der Waals surface area contributed by atoms with E-state index in [0.29, 0.717) is 4.99 Å². The molecule has 1 aromatic heterocycles. The molecule has 15 heavy (non-hydrogen) atoms. The van der Waals surface area contributed by atoms with Crippen molar-refractivity contribution in [3.63, 3.8) is 0 Å². The Bertz CT molecular complexity index is 314. The topological polar surface area (TPSA) is 55.0 Å². The highest BCUT2D eigenvalue weighted by Crippen LogP contribution is 2.10. The largest absolute Gasteiger partial charge is 0.393 e. The molecule has 2 N–H and O–H groups in total. The maximum atomic E-state index is 5.59. The van der Waals surface area contributed by atoms with Crippen LogP contribution in [0.15, 0.2) is 18.3 Å². The van der Waals surface area contributed by atoms with E-state index < -0.39 is 0 Å². The van der Waals surface area contributed by atoms with E-state index in [-0.39, 0.29) is 5.92 Å². The summed E-state index contributed by atoms with van der Waals surface area (Å²) in [6, 6.07) is 3.80. The van der Waals surface area contributed by atoms with Gasteiger partial charge in [0.2, 0.25) is 0 Å². The van der Waals surface area contributed by atoms with Crippen LogP contribution in [0, 0.1) is 5.92 Å². The standard InChI is InChI=1S/C10H16N4S/c1-3-14(7-8(2)10(11)15)9-5-4-6-12-13-9/h4-6,8H,3,7H2,1-2H3,(H2,11,15). The molecule has 1 atom stereocenters. The summed E-state index contributed by atoms with van der Waals surface area (Å²) in [5.74, 6) is 1.05. The Balaban J connectivity index is 2.69. The van der Waals surface area contributed by atoms with Crippen molar-refractivity contribution in [2.45, 2.75) is 13.8 Å². The Morgan fingerprint density at radius 2 is 2.40 bits per heavy atom. The average molecular weight is 224 g/mol. The lowest BCUT2D eigenvalue weighted by molar-refractivity contribution is 0.694. The number of hydrogen-bond acceptors (Lipinski definition) is 4. The van der Waals surface area contributed by atoms with Crippen LogP contribution in [0.1, 0.15) is 13.8 Å². The lowest BCUT2D eigenvalue weighted by Gasteiger charge is -2.24. The van der Waals surface area contributed by atoms with Gasteiger partial charge < -0.3 is 10.6 Å². The van der Waals surface area contributed by atoms with E-state index in [9.17, 15) is 0 Å². The predicted molar refractivity (Wildman–Crippen MR) is 65.9 cm³/mol. The van der Waals surface area contributed by atoms with Gasteiger partial charge in [0.15, 0.2) is 5.82 Å². The van der Waals surface area contributed by atoms with E-state index in [4.69, 9.17) is 18.0 Å². The van der Waals surface area contributed by atoms with Crippen LogP contribution in [-0.2, 0) is 0 Å². The van der Waals surface area contributed by atoms with Crippen LogP contribution in [0.25, 0.3) is 0 Å². The number of nitrogens with zero attached hydrogens (tertiary/aromatic N) is 3. The summed E-state index contributed by atoms with van der Waals surface area (Å²) < 4.78 is 0. The van der Waals surface area contributed by atoms with Crippen molar-refractivity contribution >= 4 is 23.0 Å². The number of thiocarbonyl (C=S) groups is 1. The molecule has 4 nitrogen and oxygen atoms in total. The van der Waals surface area contributed by atoms with Gasteiger partial charge in [-0.05, 0) is 19.1 Å². The second kappa shape index (κ2) is 5.60. The molecule has 0 aliphatic rings. The SMILES string of the molecule is CCN(CC(C)C(N)=S)c1cccnn1. The van der Waals surface area contributed by atoms with Crippen LogP contribution in [0.3, 0.4) is 0 Å². The molecule has 0 amide bonds. The van der Waals surface area contributed by atoms with E-state index >= 15 is 0 Å². The van der Waals surface area contributed by atoms with Crippen LogP contribution < -0.4 is 10.6 Å². The van der Waals surface area contributed by atoms with Crippen molar-refractivity contribution in [1.29, 1.82) is 0 Å². The monoisotopic (exact) mass is 224 g/mol. The van der Waals surface area contributed by atoms with Crippen molar-refractivity contribution in [3.8, 4) is 0 Å². The predicted octanol–water partition coefficient (Wildman–Crippen LogP) is 1.23. The first-order valence-corrected chi connectivity index (χ1v) is 5.38. The lowest BCUT2D eigenvalue weighted by Crippen LogP contribution is -2.34. The van der Waals surface area contributed by atoms with Crippen LogP contribution in [0.4, 0.5) is 5.82 Å². The minimum absolute atomic E-state index is 0.182. The normalized spacial score (nSPS) is 12.1. The fourth-order valence-electron chi connectivity index (χ4n) is 1.27. The minimum atomic E-state index is 0.182. The van der Waals surface area contributed by atoms with E-state index in [0.717, 1.165) is 18.9 Å². The van der Waals surface area contributed by atoms with E-state index in [1.807, 2.05) is 19.1 Å². The molecule has 0 aliphatic heterocycles. The van der Waals surface area contributed by atoms with E-state index in [2.05, 4.69) is 22.0 Å². The minimum Gasteiger partial charge on any atom is -0.393 e. The number of nitrogens with two attached hydrogens (primary N) is 1. The van der Waals surface area contributed by atoms with Gasteiger partial charge in [-0.3, -0.25) is 0 Å². The van der Waals surface area contributed by atoms with Crippen molar-refractivity contribution in [1.82, 2.24) is 10.2 Å². The van der Waals surface area contributed by atoms with Gasteiger partial charge in [-0.25, -0.2) is 0 Å². The Kier molecular flexibility index (Phi) is 4.42. The van der Waals surface area contributed by atoms with Gasteiger partial charge in [0.1, 0.15) is 0 Å². The van der Waals surface area contributed by atoms with Crippen LogP contribution >= 0.6 is 12.2 Å². The highest BCUT2D eigenvalue weighted by molar-refractivity contribution is 7.80. The summed E-state index contributed by atoms with van der Waals surface area (Å²) in [4.78, 5) is 2.65. The number of rotatable bonds is 5. The molecule has 1 heterocycles. The Morgan fingerprint density at radius 3 is 2.87 bits per heavy atom. The average Bonchev–Trinajstić information content (AvgIpc) is 2.26. The van der Waals surface area contributed by atoms with Gasteiger partial charge in [-0.2, -0.15) is 5.10 Å². The first kappa shape index (κ1) is 11.8. The fraction of sp³-hybridized carbons (Fsp3) is 0.500. The molecule has 0 spiro atoms. The molecular weight excluding hydrogens is 208 g/mol. The molecule has 0 saturated carbocycles. The molecule has 0 saturated heterocycles. The van der Waals surface area contributed by atoms with Gasteiger partial charge in [0.25, 0.3) is 0 Å². The first-order chi connectivity index (χ1) is 7.15. The maximum absolute atomic E-state index is 5.59.